The number of aryl methyl sites for hydroxylation is 1. The average Bonchev–Trinajstić information content (AvgIpc) is 1.83. The van der Waals surface area contributed by atoms with Crippen LogP contribution in [0.5, 0.6) is 0 Å². The Bertz CT molecular complexity index is 405. The fraction of sp³-hybridized carbons (Fsp3) is 0.143. The molecule has 6 heteroatoms. The summed E-state index contributed by atoms with van der Waals surface area (Å²) in [6.45, 7) is 1.82. The van der Waals surface area contributed by atoms with Crippen LogP contribution in [0, 0.1) is 6.92 Å². The molecule has 68 valence electrons. The van der Waals surface area contributed by atoms with E-state index in [4.69, 9.17) is 16.7 Å². The van der Waals surface area contributed by atoms with Crippen molar-refractivity contribution < 1.29 is 8.42 Å². The molecule has 0 atom stereocenters. The molecule has 0 fully saturated rings. The third kappa shape index (κ3) is 3.58. The number of primary sulfonamides is 1. The number of hydrogen-bond acceptors (Lipinski definition) is 2. The first-order valence-electron chi connectivity index (χ1n) is 3.20. The van der Waals surface area contributed by atoms with Crippen molar-refractivity contribution in [3.05, 3.63) is 28.8 Å². The number of benzene rings is 1. The van der Waals surface area contributed by atoms with Crippen molar-refractivity contribution in [2.45, 2.75) is 11.8 Å². The van der Waals surface area contributed by atoms with E-state index in [1.807, 2.05) is 6.92 Å². The van der Waals surface area contributed by atoms with Crippen molar-refractivity contribution in [2.24, 2.45) is 5.14 Å². The van der Waals surface area contributed by atoms with Gasteiger partial charge in [-0.25, -0.2) is 13.6 Å². The predicted molar refractivity (Wildman–Crippen MR) is 54.7 cm³/mol. The summed E-state index contributed by atoms with van der Waals surface area (Å²) >= 11 is 5.65. The molecule has 0 heterocycles. The van der Waals surface area contributed by atoms with E-state index in [0.29, 0.717) is 0 Å². The summed E-state index contributed by atoms with van der Waals surface area (Å²) in [6.07, 6.45) is 0. The third-order valence-electron chi connectivity index (χ3n) is 1.39. The Kier molecular flexibility index (Phi) is 4.93. The molecule has 0 spiro atoms. The Balaban J connectivity index is 0.00000144. The van der Waals surface area contributed by atoms with Gasteiger partial charge in [0, 0.05) is 0 Å². The van der Waals surface area contributed by atoms with Gasteiger partial charge in [-0.15, -0.1) is 0 Å². The SMILES string of the molecule is Cc1ccc(S(N)(=O)=O)c(Cl)c1.[NaH]. The van der Waals surface area contributed by atoms with Gasteiger partial charge in [0.1, 0.15) is 4.90 Å². The van der Waals surface area contributed by atoms with Crippen molar-refractivity contribution in [3.63, 3.8) is 0 Å². The monoisotopic (exact) mass is 229 g/mol. The number of nitrogens with two attached hydrogens (primary N) is 1. The Morgan fingerprint density at radius 3 is 2.31 bits per heavy atom. The summed E-state index contributed by atoms with van der Waals surface area (Å²) in [7, 11) is -3.68. The summed E-state index contributed by atoms with van der Waals surface area (Å²) in [5.74, 6) is 0. The Hall–Kier alpha value is 0.420. The van der Waals surface area contributed by atoms with Crippen LogP contribution >= 0.6 is 11.6 Å². The van der Waals surface area contributed by atoms with Gasteiger partial charge in [-0.2, -0.15) is 0 Å². The number of rotatable bonds is 1. The van der Waals surface area contributed by atoms with Gasteiger partial charge in [-0.1, -0.05) is 17.7 Å². The molecule has 0 aliphatic heterocycles. The molecule has 2 N–H and O–H groups in total. The minimum absolute atomic E-state index is 0. The molecule has 1 aromatic carbocycles. The van der Waals surface area contributed by atoms with Gasteiger partial charge < -0.3 is 0 Å². The van der Waals surface area contributed by atoms with E-state index in [0.717, 1.165) is 5.56 Å². The van der Waals surface area contributed by atoms with Crippen LogP contribution in [0.2, 0.25) is 5.02 Å². The number of halogens is 1. The van der Waals surface area contributed by atoms with Crippen molar-refractivity contribution >= 4 is 51.2 Å². The topological polar surface area (TPSA) is 60.2 Å². The van der Waals surface area contributed by atoms with E-state index >= 15 is 0 Å². The average molecular weight is 230 g/mol. The van der Waals surface area contributed by atoms with Crippen molar-refractivity contribution in [3.8, 4) is 0 Å². The molecule has 0 aromatic heterocycles. The first-order chi connectivity index (χ1) is 5.41. The zero-order valence-corrected chi connectivity index (χ0v) is 7.98. The maximum absolute atomic E-state index is 10.9. The molecule has 0 unspecified atom stereocenters. The van der Waals surface area contributed by atoms with Crippen LogP contribution in [-0.2, 0) is 10.0 Å². The van der Waals surface area contributed by atoms with Crippen LogP contribution in [0.4, 0.5) is 0 Å². The molecular formula is C7H9ClNNaO2S. The second-order valence-corrected chi connectivity index (χ2v) is 4.42. The summed E-state index contributed by atoms with van der Waals surface area (Å²) < 4.78 is 21.7. The Morgan fingerprint density at radius 2 is 1.92 bits per heavy atom. The molecule has 0 radical (unpaired) electrons. The zero-order chi connectivity index (χ0) is 9.35. The zero-order valence-electron chi connectivity index (χ0n) is 6.41. The number of hydrogen-bond donors (Lipinski definition) is 1. The quantitative estimate of drug-likeness (QED) is 0.719. The molecule has 3 nitrogen and oxygen atoms in total. The molecule has 0 aliphatic carbocycles. The van der Waals surface area contributed by atoms with Gasteiger partial charge in [0.15, 0.2) is 0 Å². The van der Waals surface area contributed by atoms with Gasteiger partial charge >= 0.3 is 29.6 Å². The van der Waals surface area contributed by atoms with Crippen LogP contribution in [-0.4, -0.2) is 38.0 Å². The van der Waals surface area contributed by atoms with Gasteiger partial charge in [0.2, 0.25) is 10.0 Å². The summed E-state index contributed by atoms with van der Waals surface area (Å²) in [5.41, 5.74) is 0.896. The summed E-state index contributed by atoms with van der Waals surface area (Å²) in [5, 5.41) is 5.06. The third-order valence-corrected chi connectivity index (χ3v) is 2.79. The van der Waals surface area contributed by atoms with E-state index in [1.165, 1.54) is 6.07 Å². The van der Waals surface area contributed by atoms with Gasteiger partial charge in [-0.3, -0.25) is 0 Å². The van der Waals surface area contributed by atoms with Gasteiger partial charge in [0.05, 0.1) is 5.02 Å². The maximum atomic E-state index is 10.9. The van der Waals surface area contributed by atoms with E-state index in [1.54, 1.807) is 12.1 Å². The van der Waals surface area contributed by atoms with E-state index in [-0.39, 0.29) is 39.5 Å². The molecule has 0 saturated carbocycles. The molecule has 1 rings (SSSR count). The second kappa shape index (κ2) is 4.77. The molecule has 1 aromatic rings. The first kappa shape index (κ1) is 13.4. The molecule has 0 saturated heterocycles. The van der Waals surface area contributed by atoms with Crippen LogP contribution < -0.4 is 5.14 Å². The summed E-state index contributed by atoms with van der Waals surface area (Å²) in [4.78, 5) is -0.0326. The van der Waals surface area contributed by atoms with E-state index in [2.05, 4.69) is 0 Å². The van der Waals surface area contributed by atoms with Crippen molar-refractivity contribution in [1.29, 1.82) is 0 Å². The van der Waals surface area contributed by atoms with Crippen LogP contribution in [0.15, 0.2) is 23.1 Å². The first-order valence-corrected chi connectivity index (χ1v) is 5.12. The fourth-order valence-corrected chi connectivity index (χ4v) is 1.98. The molecule has 13 heavy (non-hydrogen) atoms. The van der Waals surface area contributed by atoms with Crippen LogP contribution in [0.3, 0.4) is 0 Å². The second-order valence-electron chi connectivity index (χ2n) is 2.48. The Morgan fingerprint density at radius 1 is 1.38 bits per heavy atom. The standard InChI is InChI=1S/C7H8ClNO2S.Na.H/c1-5-2-3-7(6(8)4-5)12(9,10)11;;/h2-4H,1H3,(H2,9,10,11);;. The van der Waals surface area contributed by atoms with Crippen molar-refractivity contribution in [1.82, 2.24) is 0 Å². The number of sulfonamides is 1. The van der Waals surface area contributed by atoms with Crippen LogP contribution in [0.25, 0.3) is 0 Å². The van der Waals surface area contributed by atoms with Gasteiger partial charge in [-0.05, 0) is 24.6 Å². The molecule has 0 aliphatic rings. The molecule has 0 bridgehead atoms. The van der Waals surface area contributed by atoms with E-state index < -0.39 is 10.0 Å². The van der Waals surface area contributed by atoms with Gasteiger partial charge in [0.25, 0.3) is 0 Å². The van der Waals surface area contributed by atoms with E-state index in [9.17, 15) is 8.42 Å². The normalized spacial score (nSPS) is 10.7. The minimum atomic E-state index is -3.68. The van der Waals surface area contributed by atoms with Crippen LogP contribution in [0.1, 0.15) is 5.56 Å². The molecular weight excluding hydrogens is 221 g/mol. The fourth-order valence-electron chi connectivity index (χ4n) is 0.837. The molecule has 0 amide bonds. The van der Waals surface area contributed by atoms with Crippen molar-refractivity contribution in [2.75, 3.05) is 0 Å². The predicted octanol–water partition coefficient (Wildman–Crippen LogP) is 0.647. The Labute approximate surface area is 105 Å². The summed E-state index contributed by atoms with van der Waals surface area (Å²) in [6, 6.07) is 4.60.